The van der Waals surface area contributed by atoms with Crippen LogP contribution in [0.5, 0.6) is 28.7 Å². The van der Waals surface area contributed by atoms with E-state index in [0.717, 1.165) is 0 Å². The molecule has 1 atom stereocenters. The van der Waals surface area contributed by atoms with Gasteiger partial charge in [-0.05, 0) is 48.4 Å². The summed E-state index contributed by atoms with van der Waals surface area (Å²) in [4.78, 5) is 43.3. The van der Waals surface area contributed by atoms with E-state index in [2.05, 4.69) is 4.99 Å². The van der Waals surface area contributed by atoms with E-state index in [4.69, 9.17) is 28.4 Å². The van der Waals surface area contributed by atoms with Crippen LogP contribution in [0.2, 0.25) is 0 Å². The summed E-state index contributed by atoms with van der Waals surface area (Å²) in [6.45, 7) is 2.96. The van der Waals surface area contributed by atoms with Crippen LogP contribution in [0.3, 0.4) is 0 Å². The Labute approximate surface area is 233 Å². The van der Waals surface area contributed by atoms with E-state index in [1.165, 1.54) is 58.4 Å². The van der Waals surface area contributed by atoms with Crippen molar-refractivity contribution >= 4 is 29.4 Å². The van der Waals surface area contributed by atoms with Crippen molar-refractivity contribution in [3.05, 3.63) is 72.4 Å². The van der Waals surface area contributed by atoms with Gasteiger partial charge in [0.1, 0.15) is 0 Å². The Balaban J connectivity index is 1.96. The van der Waals surface area contributed by atoms with Crippen LogP contribution in [0.15, 0.2) is 51.4 Å². The van der Waals surface area contributed by atoms with Gasteiger partial charge < -0.3 is 28.4 Å². The predicted molar refractivity (Wildman–Crippen MR) is 146 cm³/mol. The Hall–Kier alpha value is -4.58. The first kappa shape index (κ1) is 28.4. The second kappa shape index (κ2) is 11.7. The third-order valence-corrected chi connectivity index (χ3v) is 7.15. The molecule has 1 aliphatic rings. The topological polar surface area (TPSA) is 124 Å². The molecule has 0 amide bonds. The summed E-state index contributed by atoms with van der Waals surface area (Å²) in [5.74, 6) is 0.600. The van der Waals surface area contributed by atoms with Gasteiger partial charge in [-0.2, -0.15) is 0 Å². The molecule has 210 valence electrons. The zero-order chi connectivity index (χ0) is 29.1. The normalized spacial score (nSPS) is 14.7. The molecule has 0 saturated carbocycles. The Kier molecular flexibility index (Phi) is 8.29. The van der Waals surface area contributed by atoms with E-state index >= 15 is 0 Å². The first-order valence-corrected chi connectivity index (χ1v) is 12.8. The van der Waals surface area contributed by atoms with Gasteiger partial charge in [-0.1, -0.05) is 17.4 Å². The highest BCUT2D eigenvalue weighted by atomic mass is 32.1. The van der Waals surface area contributed by atoms with Crippen LogP contribution >= 0.6 is 11.3 Å². The molecule has 0 bridgehead atoms. The van der Waals surface area contributed by atoms with Crippen LogP contribution in [0.1, 0.15) is 31.0 Å². The van der Waals surface area contributed by atoms with E-state index in [1.807, 2.05) is 0 Å². The maximum atomic E-state index is 13.9. The number of allylic oxidation sites excluding steroid dienone is 1. The number of carbonyl (C=O) groups is 2. The fraction of sp³-hybridized carbons (Fsp3) is 0.286. The van der Waals surface area contributed by atoms with Crippen LogP contribution in [0, 0.1) is 0 Å². The molecular formula is C28H28N2O9S. The number of methoxy groups -OCH3 is 5. The lowest BCUT2D eigenvalue weighted by Crippen LogP contribution is -2.39. The number of fused-ring (bicyclic) bond motifs is 1. The van der Waals surface area contributed by atoms with Crippen molar-refractivity contribution in [3.63, 3.8) is 0 Å². The van der Waals surface area contributed by atoms with Crippen LogP contribution in [-0.4, -0.2) is 52.1 Å². The Bertz CT molecular complexity index is 1680. The van der Waals surface area contributed by atoms with Crippen molar-refractivity contribution < 1.29 is 38.0 Å². The van der Waals surface area contributed by atoms with Crippen molar-refractivity contribution in [1.82, 2.24) is 4.57 Å². The maximum Gasteiger partial charge on any atom is 0.338 e. The molecule has 0 radical (unpaired) electrons. The SMILES string of the molecule is COC(=O)C1=C(C)N=c2s/c(=C/c3cc(OC)c(OC)c(OC)c3)c(=O)n2[C@H]1c1ccc(OC(C)=O)c(OC)c1. The lowest BCUT2D eigenvalue weighted by Gasteiger charge is -2.25. The summed E-state index contributed by atoms with van der Waals surface area (Å²) in [6.07, 6.45) is 1.69. The molecule has 0 unspecified atom stereocenters. The van der Waals surface area contributed by atoms with Crippen molar-refractivity contribution in [2.75, 3.05) is 35.5 Å². The zero-order valence-corrected chi connectivity index (χ0v) is 23.8. The average molecular weight is 569 g/mol. The fourth-order valence-electron chi connectivity index (χ4n) is 4.44. The highest BCUT2D eigenvalue weighted by Gasteiger charge is 2.33. The smallest absolute Gasteiger partial charge is 0.338 e. The minimum atomic E-state index is -0.883. The van der Waals surface area contributed by atoms with Gasteiger partial charge in [-0.25, -0.2) is 9.79 Å². The molecule has 2 heterocycles. The van der Waals surface area contributed by atoms with Gasteiger partial charge in [0.2, 0.25) is 5.75 Å². The molecule has 12 heteroatoms. The molecule has 0 saturated heterocycles. The first-order chi connectivity index (χ1) is 19.2. The summed E-state index contributed by atoms with van der Waals surface area (Å²) >= 11 is 1.17. The van der Waals surface area contributed by atoms with Gasteiger partial charge in [0, 0.05) is 6.92 Å². The molecule has 40 heavy (non-hydrogen) atoms. The summed E-state index contributed by atoms with van der Waals surface area (Å²) in [5, 5.41) is 0. The number of rotatable bonds is 8. The lowest BCUT2D eigenvalue weighted by atomic mass is 9.95. The number of thiazole rings is 1. The van der Waals surface area contributed by atoms with Gasteiger partial charge in [0.25, 0.3) is 5.56 Å². The Morgan fingerprint density at radius 3 is 2.12 bits per heavy atom. The molecule has 4 rings (SSSR count). The zero-order valence-electron chi connectivity index (χ0n) is 23.0. The number of esters is 2. The second-order valence-electron chi connectivity index (χ2n) is 8.54. The van der Waals surface area contributed by atoms with Crippen LogP contribution < -0.4 is 38.6 Å². The number of aromatic nitrogens is 1. The molecule has 2 aromatic carbocycles. The monoisotopic (exact) mass is 568 g/mol. The summed E-state index contributed by atoms with van der Waals surface area (Å²) < 4.78 is 33.8. The molecule has 3 aromatic rings. The van der Waals surface area contributed by atoms with Crippen LogP contribution in [0.25, 0.3) is 6.08 Å². The molecule has 0 fully saturated rings. The summed E-state index contributed by atoms with van der Waals surface area (Å²) in [7, 11) is 7.21. The lowest BCUT2D eigenvalue weighted by molar-refractivity contribution is -0.136. The first-order valence-electron chi connectivity index (χ1n) is 11.9. The summed E-state index contributed by atoms with van der Waals surface area (Å²) in [5.41, 5.74) is 1.38. The van der Waals surface area contributed by atoms with Crippen molar-refractivity contribution in [2.24, 2.45) is 4.99 Å². The van der Waals surface area contributed by atoms with Gasteiger partial charge in [-0.15, -0.1) is 0 Å². The van der Waals surface area contributed by atoms with E-state index in [9.17, 15) is 14.4 Å². The summed E-state index contributed by atoms with van der Waals surface area (Å²) in [6, 6.07) is 7.38. The molecule has 0 spiro atoms. The molecule has 1 aromatic heterocycles. The molecule has 0 aliphatic carbocycles. The van der Waals surface area contributed by atoms with Gasteiger partial charge in [0.15, 0.2) is 27.8 Å². The van der Waals surface area contributed by atoms with E-state index < -0.39 is 18.0 Å². The quantitative estimate of drug-likeness (QED) is 0.298. The number of carbonyl (C=O) groups excluding carboxylic acids is 2. The number of hydrogen-bond donors (Lipinski definition) is 0. The standard InChI is InChI=1S/C28H28N2O9S/c1-14-23(27(33)38-7)24(17-8-9-18(39-15(2)31)19(13-17)34-3)30-26(32)22(40-28(30)29-14)12-16-10-20(35-4)25(37-6)21(11-16)36-5/h8-13,24H,1-7H3/b22-12+/t24-/m0/s1. The fourth-order valence-corrected chi connectivity index (χ4v) is 5.48. The number of benzene rings is 2. The van der Waals surface area contributed by atoms with Gasteiger partial charge in [-0.3, -0.25) is 14.2 Å². The van der Waals surface area contributed by atoms with E-state index in [0.29, 0.717) is 43.4 Å². The van der Waals surface area contributed by atoms with Crippen molar-refractivity contribution in [2.45, 2.75) is 19.9 Å². The van der Waals surface area contributed by atoms with Crippen LogP contribution in [0.4, 0.5) is 0 Å². The van der Waals surface area contributed by atoms with E-state index in [1.54, 1.807) is 43.3 Å². The van der Waals surface area contributed by atoms with Crippen LogP contribution in [-0.2, 0) is 14.3 Å². The predicted octanol–water partition coefficient (Wildman–Crippen LogP) is 2.37. The maximum absolute atomic E-state index is 13.9. The average Bonchev–Trinajstić information content (AvgIpc) is 3.24. The Morgan fingerprint density at radius 1 is 0.925 bits per heavy atom. The number of nitrogens with zero attached hydrogens (tertiary/aromatic N) is 2. The molecule has 0 N–H and O–H groups in total. The van der Waals surface area contributed by atoms with E-state index in [-0.39, 0.29) is 22.6 Å². The largest absolute Gasteiger partial charge is 0.493 e. The number of ether oxygens (including phenoxy) is 6. The second-order valence-corrected chi connectivity index (χ2v) is 9.55. The van der Waals surface area contributed by atoms with Gasteiger partial charge in [0.05, 0.1) is 57.4 Å². The van der Waals surface area contributed by atoms with Crippen molar-refractivity contribution in [3.8, 4) is 28.7 Å². The minimum absolute atomic E-state index is 0.191. The highest BCUT2D eigenvalue weighted by molar-refractivity contribution is 7.07. The van der Waals surface area contributed by atoms with Crippen molar-refractivity contribution in [1.29, 1.82) is 0 Å². The third-order valence-electron chi connectivity index (χ3n) is 6.17. The molecular weight excluding hydrogens is 540 g/mol. The minimum Gasteiger partial charge on any atom is -0.493 e. The highest BCUT2D eigenvalue weighted by Crippen LogP contribution is 2.39. The molecule has 11 nitrogen and oxygen atoms in total. The number of hydrogen-bond acceptors (Lipinski definition) is 11. The van der Waals surface area contributed by atoms with Gasteiger partial charge >= 0.3 is 11.9 Å². The molecule has 1 aliphatic heterocycles. The Morgan fingerprint density at radius 2 is 1.57 bits per heavy atom. The third kappa shape index (κ3) is 5.17.